The largest absolute Gasteiger partial charge is 0.480 e. The minimum atomic E-state index is -1.19. The molecule has 4 amide bonds. The Bertz CT molecular complexity index is 1090. The minimum absolute atomic E-state index is 0.0113. The lowest BCUT2D eigenvalue weighted by molar-refractivity contribution is -0.142. The number of carboxylic acid groups (broad SMARTS) is 1. The highest BCUT2D eigenvalue weighted by Gasteiger charge is 2.21. The van der Waals surface area contributed by atoms with Crippen molar-refractivity contribution in [2.45, 2.75) is 77.7 Å². The lowest BCUT2D eigenvalue weighted by Gasteiger charge is -2.19. The van der Waals surface area contributed by atoms with Gasteiger partial charge in [0.1, 0.15) is 19.3 Å². The molecule has 5 N–H and O–H groups in total. The molecule has 14 nitrogen and oxygen atoms in total. The molecule has 0 aromatic heterocycles. The number of benzene rings is 1. The first-order valence-corrected chi connectivity index (χ1v) is 16.6. The fourth-order valence-electron chi connectivity index (χ4n) is 4.17. The van der Waals surface area contributed by atoms with Gasteiger partial charge in [0.05, 0.1) is 39.6 Å². The van der Waals surface area contributed by atoms with E-state index in [1.165, 1.54) is 5.56 Å². The van der Waals surface area contributed by atoms with Crippen LogP contribution in [0.2, 0.25) is 0 Å². The van der Waals surface area contributed by atoms with Gasteiger partial charge >= 0.3 is 5.97 Å². The highest BCUT2D eigenvalue weighted by atomic mass is 16.5. The molecule has 0 spiro atoms. The molecule has 14 heteroatoms. The Kier molecular flexibility index (Phi) is 22.5. The van der Waals surface area contributed by atoms with Crippen LogP contribution >= 0.6 is 0 Å². The summed E-state index contributed by atoms with van der Waals surface area (Å²) < 4.78 is 21.1. The van der Waals surface area contributed by atoms with Crippen LogP contribution in [0.3, 0.4) is 0 Å². The van der Waals surface area contributed by atoms with E-state index in [2.05, 4.69) is 66.3 Å². The molecule has 48 heavy (non-hydrogen) atoms. The number of amides is 4. The van der Waals surface area contributed by atoms with Crippen molar-refractivity contribution in [1.29, 1.82) is 0 Å². The van der Waals surface area contributed by atoms with Gasteiger partial charge in [0.25, 0.3) is 0 Å². The minimum Gasteiger partial charge on any atom is -0.480 e. The fraction of sp³-hybridized carbons (Fsp3) is 0.676. The molecule has 272 valence electrons. The fourth-order valence-corrected chi connectivity index (χ4v) is 4.17. The molecule has 0 saturated carbocycles. The maximum Gasteiger partial charge on any atom is 0.326 e. The number of aliphatic carboxylic acids is 1. The SMILES string of the molecule is CCCNC(=O)COCCOCCNC(=O)COCCOCCNC(=O)CC[C@H](NC(=O)CCCc1ccc(C(C)(C)C)cc1)C(=O)O. The van der Waals surface area contributed by atoms with Gasteiger partial charge < -0.3 is 45.3 Å². The van der Waals surface area contributed by atoms with Gasteiger partial charge in [0.2, 0.25) is 23.6 Å². The zero-order valence-corrected chi connectivity index (χ0v) is 29.0. The Morgan fingerprint density at radius 1 is 0.688 bits per heavy atom. The number of carbonyl (C=O) groups is 5. The Morgan fingerprint density at radius 3 is 1.73 bits per heavy atom. The maximum absolute atomic E-state index is 12.3. The second-order valence-electron chi connectivity index (χ2n) is 12.2. The second kappa shape index (κ2) is 25.4. The van der Waals surface area contributed by atoms with E-state index >= 15 is 0 Å². The molecule has 1 aromatic carbocycles. The first-order valence-electron chi connectivity index (χ1n) is 16.6. The van der Waals surface area contributed by atoms with E-state index in [9.17, 15) is 29.1 Å². The number of rotatable bonds is 27. The Labute approximate surface area is 284 Å². The Hall–Kier alpha value is -3.59. The van der Waals surface area contributed by atoms with Gasteiger partial charge in [-0.2, -0.15) is 0 Å². The monoisotopic (exact) mass is 680 g/mol. The molecule has 0 aliphatic heterocycles. The summed E-state index contributed by atoms with van der Waals surface area (Å²) in [4.78, 5) is 59.2. The van der Waals surface area contributed by atoms with Crippen molar-refractivity contribution in [3.63, 3.8) is 0 Å². The molecule has 1 rings (SSSR count). The van der Waals surface area contributed by atoms with Crippen LogP contribution in [0.15, 0.2) is 24.3 Å². The van der Waals surface area contributed by atoms with E-state index in [1.807, 2.05) is 6.92 Å². The van der Waals surface area contributed by atoms with Gasteiger partial charge in [0, 0.05) is 32.5 Å². The quantitative estimate of drug-likeness (QED) is 0.0851. The number of ether oxygens (including phenoxy) is 4. The highest BCUT2D eigenvalue weighted by Crippen LogP contribution is 2.22. The van der Waals surface area contributed by atoms with Crippen molar-refractivity contribution in [3.05, 3.63) is 35.4 Å². The van der Waals surface area contributed by atoms with Gasteiger partial charge in [-0.3, -0.25) is 19.2 Å². The summed E-state index contributed by atoms with van der Waals surface area (Å²) in [5.41, 5.74) is 2.42. The van der Waals surface area contributed by atoms with Gasteiger partial charge in [-0.25, -0.2) is 4.79 Å². The molecular weight excluding hydrogens is 624 g/mol. The number of hydrogen-bond donors (Lipinski definition) is 5. The molecular formula is C34H56N4O10. The lowest BCUT2D eigenvalue weighted by atomic mass is 9.86. The normalized spacial score (nSPS) is 11.8. The average Bonchev–Trinajstić information content (AvgIpc) is 3.04. The second-order valence-corrected chi connectivity index (χ2v) is 12.2. The maximum atomic E-state index is 12.3. The Morgan fingerprint density at radius 2 is 1.21 bits per heavy atom. The molecule has 0 unspecified atom stereocenters. The van der Waals surface area contributed by atoms with E-state index in [0.717, 1.165) is 12.0 Å². The topological polar surface area (TPSA) is 191 Å². The van der Waals surface area contributed by atoms with Crippen LogP contribution in [0, 0.1) is 0 Å². The molecule has 0 fully saturated rings. The number of aryl methyl sites for hydroxylation is 1. The third kappa shape index (κ3) is 22.1. The van der Waals surface area contributed by atoms with Crippen molar-refractivity contribution < 1.29 is 48.0 Å². The number of hydrogen-bond acceptors (Lipinski definition) is 9. The summed E-state index contributed by atoms with van der Waals surface area (Å²) in [5.74, 6) is -2.36. The molecule has 1 atom stereocenters. The predicted octanol–water partition coefficient (Wildman–Crippen LogP) is 1.48. The summed E-state index contributed by atoms with van der Waals surface area (Å²) in [5, 5.41) is 20.0. The average molecular weight is 681 g/mol. The van der Waals surface area contributed by atoms with E-state index < -0.39 is 12.0 Å². The molecule has 0 aliphatic carbocycles. The van der Waals surface area contributed by atoms with Gasteiger partial charge in [-0.1, -0.05) is 52.0 Å². The summed E-state index contributed by atoms with van der Waals surface area (Å²) in [6.45, 7) is 10.9. The molecule has 0 aliphatic rings. The summed E-state index contributed by atoms with van der Waals surface area (Å²) in [6.07, 6.45) is 2.25. The molecule has 1 aromatic rings. The molecule has 0 heterocycles. The van der Waals surface area contributed by atoms with Crippen molar-refractivity contribution in [2.75, 3.05) is 72.5 Å². The van der Waals surface area contributed by atoms with E-state index in [1.54, 1.807) is 0 Å². The zero-order valence-electron chi connectivity index (χ0n) is 29.0. The van der Waals surface area contributed by atoms with Gasteiger partial charge in [0.15, 0.2) is 0 Å². The van der Waals surface area contributed by atoms with E-state index in [0.29, 0.717) is 39.1 Å². The van der Waals surface area contributed by atoms with Crippen molar-refractivity contribution in [3.8, 4) is 0 Å². The van der Waals surface area contributed by atoms with Gasteiger partial charge in [-0.05, 0) is 42.2 Å². The van der Waals surface area contributed by atoms with Crippen molar-refractivity contribution in [1.82, 2.24) is 21.3 Å². The smallest absolute Gasteiger partial charge is 0.326 e. The van der Waals surface area contributed by atoms with Gasteiger partial charge in [-0.15, -0.1) is 0 Å². The Balaban J connectivity index is 2.03. The zero-order chi connectivity index (χ0) is 35.6. The molecule has 0 saturated heterocycles. The number of carboxylic acids is 1. The van der Waals surface area contributed by atoms with Crippen LogP contribution < -0.4 is 21.3 Å². The number of nitrogens with one attached hydrogen (secondary N) is 4. The summed E-state index contributed by atoms with van der Waals surface area (Å²) >= 11 is 0. The third-order valence-corrected chi connectivity index (χ3v) is 6.90. The number of carbonyl (C=O) groups excluding carboxylic acids is 4. The van der Waals surface area contributed by atoms with Crippen LogP contribution in [-0.4, -0.2) is 113 Å². The van der Waals surface area contributed by atoms with Crippen LogP contribution in [0.5, 0.6) is 0 Å². The van der Waals surface area contributed by atoms with Crippen LogP contribution in [0.25, 0.3) is 0 Å². The first kappa shape index (κ1) is 42.4. The van der Waals surface area contributed by atoms with E-state index in [4.69, 9.17) is 18.9 Å². The van der Waals surface area contributed by atoms with Crippen LogP contribution in [-0.2, 0) is 54.8 Å². The summed E-state index contributed by atoms with van der Waals surface area (Å²) in [7, 11) is 0. The van der Waals surface area contributed by atoms with Crippen LogP contribution in [0.1, 0.15) is 70.9 Å². The third-order valence-electron chi connectivity index (χ3n) is 6.90. The molecule has 0 radical (unpaired) electrons. The van der Waals surface area contributed by atoms with E-state index in [-0.39, 0.29) is 94.5 Å². The molecule has 0 bridgehead atoms. The first-order chi connectivity index (χ1) is 22.9. The standard InChI is InChI=1S/C34H56N4O10/c1-5-15-35-31(41)24-47-22-21-46-19-17-37-32(42)25-48-23-20-45-18-16-36-29(39)14-13-28(33(43)44)38-30(40)8-6-7-26-9-11-27(12-10-26)34(2,3)4/h9-12,28H,5-8,13-25H2,1-4H3,(H,35,41)(H,36,39)(H,37,42)(H,38,40)(H,43,44)/t28-/m0/s1. The van der Waals surface area contributed by atoms with Crippen LogP contribution in [0.4, 0.5) is 0 Å². The lowest BCUT2D eigenvalue weighted by Crippen LogP contribution is -2.41. The van der Waals surface area contributed by atoms with Crippen molar-refractivity contribution in [2.24, 2.45) is 0 Å². The predicted molar refractivity (Wildman–Crippen MR) is 179 cm³/mol. The summed E-state index contributed by atoms with van der Waals surface area (Å²) in [6, 6.07) is 7.14. The highest BCUT2D eigenvalue weighted by molar-refractivity contribution is 5.84. The van der Waals surface area contributed by atoms with Crippen molar-refractivity contribution >= 4 is 29.6 Å².